The molecule has 0 N–H and O–H groups in total. The van der Waals surface area contributed by atoms with Gasteiger partial charge in [-0.3, -0.25) is 0 Å². The Labute approximate surface area is 113 Å². The molecule has 0 fully saturated rings. The van der Waals surface area contributed by atoms with E-state index in [-0.39, 0.29) is 12.3 Å². The molecular weight excluding hydrogens is 315 g/mol. The zero-order valence-corrected chi connectivity index (χ0v) is 11.7. The summed E-state index contributed by atoms with van der Waals surface area (Å²) in [6.45, 7) is 2.03. The van der Waals surface area contributed by atoms with Gasteiger partial charge in [0.2, 0.25) is 0 Å². The standard InChI is InChI=1S/C12H10N2O4Se/c1-2-16-12(15)10-11-9(8-6-4-3-5-7-8)13-17-19(11)18-14-10/h3-7H,2H2,1H3. The second-order valence-corrected chi connectivity index (χ2v) is 6.15. The molecular formula is C12H10N2O4Se. The molecule has 98 valence electrons. The van der Waals surface area contributed by atoms with E-state index in [1.165, 1.54) is 0 Å². The van der Waals surface area contributed by atoms with Crippen LogP contribution in [0.2, 0.25) is 0 Å². The first-order valence-electron chi connectivity index (χ1n) is 5.66. The fourth-order valence-electron chi connectivity index (χ4n) is 1.69. The Hall–Kier alpha value is -1.98. The molecule has 0 saturated heterocycles. The van der Waals surface area contributed by atoms with Crippen LogP contribution in [0.5, 0.6) is 0 Å². The summed E-state index contributed by atoms with van der Waals surface area (Å²) >= 11 is -2.06. The van der Waals surface area contributed by atoms with Crippen molar-refractivity contribution < 1.29 is 17.4 Å². The quantitative estimate of drug-likeness (QED) is 0.603. The monoisotopic (exact) mass is 326 g/mol. The average molecular weight is 325 g/mol. The van der Waals surface area contributed by atoms with Crippen molar-refractivity contribution in [3.63, 3.8) is 0 Å². The Kier molecular flexibility index (Phi) is 3.15. The zero-order chi connectivity index (χ0) is 13.2. The molecule has 0 saturated carbocycles. The number of benzene rings is 1. The number of rotatable bonds is 3. The van der Waals surface area contributed by atoms with Gasteiger partial charge in [0.15, 0.2) is 0 Å². The molecule has 1 unspecified atom stereocenters. The van der Waals surface area contributed by atoms with Gasteiger partial charge in [-0.05, 0) is 0 Å². The Morgan fingerprint density at radius 3 is 2.74 bits per heavy atom. The molecule has 2 aliphatic rings. The number of ether oxygens (including phenoxy) is 1. The van der Waals surface area contributed by atoms with Crippen molar-refractivity contribution in [2.24, 2.45) is 10.3 Å². The summed E-state index contributed by atoms with van der Waals surface area (Å²) in [5, 5.41) is 7.77. The minimum atomic E-state index is -2.06. The van der Waals surface area contributed by atoms with Crippen LogP contribution in [0.3, 0.4) is 0 Å². The molecule has 1 aromatic rings. The molecule has 2 heterocycles. The summed E-state index contributed by atoms with van der Waals surface area (Å²) in [6, 6.07) is 9.48. The van der Waals surface area contributed by atoms with Crippen molar-refractivity contribution in [3.8, 4) is 0 Å². The van der Waals surface area contributed by atoms with E-state index >= 15 is 0 Å². The molecule has 3 rings (SSSR count). The third-order valence-electron chi connectivity index (χ3n) is 2.51. The molecule has 0 radical (unpaired) electrons. The van der Waals surface area contributed by atoms with E-state index in [0.717, 1.165) is 5.56 Å². The number of oxime groups is 2. The number of nitrogens with zero attached hydrogens (tertiary/aromatic N) is 2. The summed E-state index contributed by atoms with van der Waals surface area (Å²) in [4.78, 5) is 11.8. The Morgan fingerprint density at radius 2 is 2.00 bits per heavy atom. The molecule has 0 aliphatic carbocycles. The van der Waals surface area contributed by atoms with Crippen LogP contribution in [-0.4, -0.2) is 42.5 Å². The van der Waals surface area contributed by atoms with Gasteiger partial charge >= 0.3 is 113 Å². The predicted octanol–water partition coefficient (Wildman–Crippen LogP) is 0.612. The van der Waals surface area contributed by atoms with Crippen molar-refractivity contribution in [2.45, 2.75) is 6.92 Å². The molecule has 0 bridgehead atoms. The van der Waals surface area contributed by atoms with Crippen molar-refractivity contribution in [2.75, 3.05) is 6.61 Å². The Balaban J connectivity index is 1.95. The molecule has 2 aliphatic heterocycles. The van der Waals surface area contributed by atoms with E-state index in [1.54, 1.807) is 6.92 Å². The Bertz CT molecular complexity index is 622. The van der Waals surface area contributed by atoms with Gasteiger partial charge in [0.05, 0.1) is 0 Å². The predicted molar refractivity (Wildman–Crippen MR) is 70.0 cm³/mol. The van der Waals surface area contributed by atoms with Gasteiger partial charge in [-0.2, -0.15) is 0 Å². The summed E-state index contributed by atoms with van der Waals surface area (Å²) in [5.74, 6) is -0.502. The first-order valence-corrected chi connectivity index (χ1v) is 7.92. The van der Waals surface area contributed by atoms with E-state index in [1.807, 2.05) is 30.3 Å². The van der Waals surface area contributed by atoms with E-state index in [2.05, 4.69) is 10.3 Å². The van der Waals surface area contributed by atoms with E-state index in [0.29, 0.717) is 10.1 Å². The second kappa shape index (κ2) is 4.95. The molecule has 7 heteroatoms. The maximum absolute atomic E-state index is 11.8. The summed E-state index contributed by atoms with van der Waals surface area (Å²) in [7, 11) is 0. The van der Waals surface area contributed by atoms with Crippen molar-refractivity contribution in [1.29, 1.82) is 0 Å². The molecule has 0 spiro atoms. The number of carbonyl (C=O) groups excluding carboxylic acids is 1. The van der Waals surface area contributed by atoms with Gasteiger partial charge in [0, 0.05) is 0 Å². The first kappa shape index (κ1) is 12.1. The van der Waals surface area contributed by atoms with Gasteiger partial charge in [-0.1, -0.05) is 0 Å². The fraction of sp³-hybridized carbons (Fsp3) is 0.167. The van der Waals surface area contributed by atoms with Gasteiger partial charge < -0.3 is 0 Å². The van der Waals surface area contributed by atoms with Crippen LogP contribution >= 0.6 is 0 Å². The van der Waals surface area contributed by atoms with Crippen LogP contribution in [0.4, 0.5) is 0 Å². The topological polar surface area (TPSA) is 69.5 Å². The van der Waals surface area contributed by atoms with Crippen molar-refractivity contribution in [3.05, 3.63) is 35.9 Å². The third kappa shape index (κ3) is 2.07. The first-order chi connectivity index (χ1) is 9.31. The number of hydrogen-bond donors (Lipinski definition) is 0. The summed E-state index contributed by atoms with van der Waals surface area (Å²) in [6.07, 6.45) is 0. The van der Waals surface area contributed by atoms with Crippen LogP contribution in [0.15, 0.2) is 40.6 Å². The van der Waals surface area contributed by atoms with Crippen LogP contribution in [0.1, 0.15) is 12.5 Å². The van der Waals surface area contributed by atoms with Gasteiger partial charge in [0.1, 0.15) is 0 Å². The zero-order valence-electron chi connectivity index (χ0n) is 10.0. The number of hydrogen-bond acceptors (Lipinski definition) is 6. The van der Waals surface area contributed by atoms with Crippen LogP contribution in [-0.2, 0) is 17.4 Å². The van der Waals surface area contributed by atoms with E-state index in [9.17, 15) is 4.79 Å². The summed E-state index contributed by atoms with van der Waals surface area (Å²) in [5.41, 5.74) is 1.65. The molecule has 1 aromatic carbocycles. The Morgan fingerprint density at radius 1 is 1.26 bits per heavy atom. The number of carbonyl (C=O) groups is 1. The van der Waals surface area contributed by atoms with Gasteiger partial charge in [-0.15, -0.1) is 0 Å². The van der Waals surface area contributed by atoms with Gasteiger partial charge in [0.25, 0.3) is 0 Å². The van der Waals surface area contributed by atoms with Gasteiger partial charge in [-0.25, -0.2) is 0 Å². The third-order valence-corrected chi connectivity index (χ3v) is 4.90. The second-order valence-electron chi connectivity index (χ2n) is 3.68. The number of esters is 1. The normalized spacial score (nSPS) is 20.1. The van der Waals surface area contributed by atoms with Crippen LogP contribution in [0, 0.1) is 0 Å². The fourth-order valence-corrected chi connectivity index (χ4v) is 3.90. The minimum absolute atomic E-state index is 0.173. The summed E-state index contributed by atoms with van der Waals surface area (Å²) < 4.78 is 16.0. The van der Waals surface area contributed by atoms with Crippen LogP contribution in [0.25, 0.3) is 0 Å². The molecule has 0 amide bonds. The maximum atomic E-state index is 11.8. The van der Waals surface area contributed by atoms with Crippen molar-refractivity contribution in [1.82, 2.24) is 0 Å². The molecule has 19 heavy (non-hydrogen) atoms. The molecule has 1 atom stereocenters. The van der Waals surface area contributed by atoms with Crippen LogP contribution < -0.4 is 0 Å². The molecule has 6 nitrogen and oxygen atoms in total. The SMILES string of the molecule is CCOC(=O)C1=NO[Se]2=C1C(c1ccccc1)=NO2. The molecule has 0 aromatic heterocycles. The van der Waals surface area contributed by atoms with E-state index in [4.69, 9.17) is 12.6 Å². The van der Waals surface area contributed by atoms with Crippen molar-refractivity contribution >= 4 is 35.9 Å². The van der Waals surface area contributed by atoms with E-state index < -0.39 is 20.1 Å². The average Bonchev–Trinajstić information content (AvgIpc) is 3.01.